The van der Waals surface area contributed by atoms with Gasteiger partial charge in [0.1, 0.15) is 18.6 Å². The smallest absolute Gasteiger partial charge is 0.208 e. The van der Waals surface area contributed by atoms with Crippen LogP contribution in [0.25, 0.3) is 11.1 Å². The van der Waals surface area contributed by atoms with E-state index in [2.05, 4.69) is 4.72 Å². The SMILES string of the molecule is Cc1cc(OCCNS(C)(=O)=O)cc(C)c1-c1cccc(C=O)c1C. The number of carbonyl (C=O) groups is 1. The van der Waals surface area contributed by atoms with Crippen LogP contribution in [0.1, 0.15) is 27.0 Å². The average Bonchev–Trinajstić information content (AvgIpc) is 2.51. The molecule has 6 heteroatoms. The predicted octanol–water partition coefficient (Wildman–Crippen LogP) is 3.02. The Bertz CT molecular complexity index is 865. The van der Waals surface area contributed by atoms with Crippen molar-refractivity contribution < 1.29 is 17.9 Å². The van der Waals surface area contributed by atoms with Gasteiger partial charge in [0, 0.05) is 12.1 Å². The molecule has 5 nitrogen and oxygen atoms in total. The van der Waals surface area contributed by atoms with Crippen molar-refractivity contribution in [3.8, 4) is 16.9 Å². The van der Waals surface area contributed by atoms with Crippen LogP contribution in [-0.4, -0.2) is 34.1 Å². The summed E-state index contributed by atoms with van der Waals surface area (Å²) in [6.45, 7) is 6.41. The van der Waals surface area contributed by atoms with E-state index in [0.717, 1.165) is 40.4 Å². The first-order valence-corrected chi connectivity index (χ1v) is 9.86. The van der Waals surface area contributed by atoms with Gasteiger partial charge in [-0.2, -0.15) is 0 Å². The lowest BCUT2D eigenvalue weighted by Crippen LogP contribution is -2.26. The number of ether oxygens (including phenoxy) is 1. The number of aryl methyl sites for hydroxylation is 2. The maximum Gasteiger partial charge on any atom is 0.208 e. The minimum Gasteiger partial charge on any atom is -0.492 e. The van der Waals surface area contributed by atoms with Crippen molar-refractivity contribution in [1.82, 2.24) is 4.72 Å². The van der Waals surface area contributed by atoms with Gasteiger partial charge in [0.25, 0.3) is 0 Å². The van der Waals surface area contributed by atoms with Gasteiger partial charge in [-0.05, 0) is 60.7 Å². The molecule has 0 aliphatic heterocycles. The molecule has 134 valence electrons. The first-order valence-electron chi connectivity index (χ1n) is 7.97. The summed E-state index contributed by atoms with van der Waals surface area (Å²) in [6.07, 6.45) is 1.99. The maximum atomic E-state index is 11.2. The van der Waals surface area contributed by atoms with Crippen LogP contribution in [0.5, 0.6) is 5.75 Å². The molecule has 1 N–H and O–H groups in total. The minimum atomic E-state index is -3.21. The summed E-state index contributed by atoms with van der Waals surface area (Å²) in [5, 5.41) is 0. The van der Waals surface area contributed by atoms with Gasteiger partial charge in [-0.25, -0.2) is 13.1 Å². The van der Waals surface area contributed by atoms with E-state index in [0.29, 0.717) is 11.3 Å². The van der Waals surface area contributed by atoms with E-state index in [4.69, 9.17) is 4.74 Å². The fourth-order valence-corrected chi connectivity index (χ4v) is 3.33. The highest BCUT2D eigenvalue weighted by atomic mass is 32.2. The van der Waals surface area contributed by atoms with Gasteiger partial charge in [0.2, 0.25) is 10.0 Å². The van der Waals surface area contributed by atoms with Crippen LogP contribution < -0.4 is 9.46 Å². The van der Waals surface area contributed by atoms with Crippen LogP contribution in [0.15, 0.2) is 30.3 Å². The summed E-state index contributed by atoms with van der Waals surface area (Å²) < 4.78 is 30.1. The highest BCUT2D eigenvalue weighted by Gasteiger charge is 2.12. The minimum absolute atomic E-state index is 0.221. The summed E-state index contributed by atoms with van der Waals surface area (Å²) in [6, 6.07) is 9.55. The van der Waals surface area contributed by atoms with Gasteiger partial charge >= 0.3 is 0 Å². The Labute approximate surface area is 149 Å². The molecule has 25 heavy (non-hydrogen) atoms. The molecule has 0 heterocycles. The van der Waals surface area contributed by atoms with Gasteiger partial charge in [-0.3, -0.25) is 4.79 Å². The zero-order valence-electron chi connectivity index (χ0n) is 14.9. The number of nitrogens with one attached hydrogen (secondary N) is 1. The molecule has 2 aromatic carbocycles. The van der Waals surface area contributed by atoms with Crippen LogP contribution in [0.3, 0.4) is 0 Å². The Kier molecular flexibility index (Phi) is 5.98. The Morgan fingerprint density at radius 1 is 1.12 bits per heavy atom. The molecular formula is C19H23NO4S. The quantitative estimate of drug-likeness (QED) is 0.608. The van der Waals surface area contributed by atoms with E-state index in [9.17, 15) is 13.2 Å². The fraction of sp³-hybridized carbons (Fsp3) is 0.316. The summed E-state index contributed by atoms with van der Waals surface area (Å²) in [7, 11) is -3.21. The molecule has 0 spiro atoms. The summed E-state index contributed by atoms with van der Waals surface area (Å²) >= 11 is 0. The molecule has 0 saturated carbocycles. The Morgan fingerprint density at radius 2 is 1.76 bits per heavy atom. The van der Waals surface area contributed by atoms with E-state index in [1.807, 2.05) is 51.1 Å². The van der Waals surface area contributed by atoms with Crippen molar-refractivity contribution in [2.75, 3.05) is 19.4 Å². The number of hydrogen-bond donors (Lipinski definition) is 1. The molecule has 0 fully saturated rings. The molecule has 0 bridgehead atoms. The zero-order chi connectivity index (χ0) is 18.6. The van der Waals surface area contributed by atoms with Crippen LogP contribution >= 0.6 is 0 Å². The van der Waals surface area contributed by atoms with Crippen LogP contribution in [0.2, 0.25) is 0 Å². The van der Waals surface area contributed by atoms with E-state index in [-0.39, 0.29) is 13.2 Å². The van der Waals surface area contributed by atoms with Crippen molar-refractivity contribution in [2.24, 2.45) is 0 Å². The monoisotopic (exact) mass is 361 g/mol. The summed E-state index contributed by atoms with van der Waals surface area (Å²) in [4.78, 5) is 11.2. The molecule has 0 aliphatic carbocycles. The number of sulfonamides is 1. The first-order chi connectivity index (χ1) is 11.7. The van der Waals surface area contributed by atoms with Gasteiger partial charge in [0.15, 0.2) is 0 Å². The largest absolute Gasteiger partial charge is 0.492 e. The van der Waals surface area contributed by atoms with Gasteiger partial charge < -0.3 is 4.74 Å². The van der Waals surface area contributed by atoms with Crippen molar-refractivity contribution in [2.45, 2.75) is 20.8 Å². The third kappa shape index (κ3) is 4.90. The second-order valence-corrected chi connectivity index (χ2v) is 7.92. The molecule has 0 radical (unpaired) electrons. The fourth-order valence-electron chi connectivity index (χ4n) is 2.88. The molecule has 0 saturated heterocycles. The number of benzene rings is 2. The van der Waals surface area contributed by atoms with Crippen molar-refractivity contribution in [3.63, 3.8) is 0 Å². The zero-order valence-corrected chi connectivity index (χ0v) is 15.7. The number of hydrogen-bond acceptors (Lipinski definition) is 4. The van der Waals surface area contributed by atoms with Crippen LogP contribution in [0, 0.1) is 20.8 Å². The van der Waals surface area contributed by atoms with Gasteiger partial charge in [0.05, 0.1) is 6.26 Å². The third-order valence-electron chi connectivity index (χ3n) is 4.01. The van der Waals surface area contributed by atoms with E-state index in [1.54, 1.807) is 0 Å². The molecule has 2 aromatic rings. The number of rotatable bonds is 7. The number of carbonyl (C=O) groups excluding carboxylic acids is 1. The lowest BCUT2D eigenvalue weighted by molar-refractivity contribution is 0.112. The normalized spacial score (nSPS) is 11.4. The molecular weight excluding hydrogens is 338 g/mol. The lowest BCUT2D eigenvalue weighted by Gasteiger charge is -2.16. The summed E-state index contributed by atoms with van der Waals surface area (Å²) in [5.41, 5.74) is 5.83. The third-order valence-corrected chi connectivity index (χ3v) is 4.74. The molecule has 2 rings (SSSR count). The van der Waals surface area contributed by atoms with Crippen LogP contribution in [0.4, 0.5) is 0 Å². The predicted molar refractivity (Wildman–Crippen MR) is 99.8 cm³/mol. The van der Waals surface area contributed by atoms with E-state index >= 15 is 0 Å². The van der Waals surface area contributed by atoms with E-state index in [1.165, 1.54) is 0 Å². The molecule has 0 aliphatic rings. The second kappa shape index (κ2) is 7.80. The lowest BCUT2D eigenvalue weighted by atomic mass is 9.90. The Morgan fingerprint density at radius 3 is 2.32 bits per heavy atom. The topological polar surface area (TPSA) is 72.5 Å². The van der Waals surface area contributed by atoms with Crippen molar-refractivity contribution >= 4 is 16.3 Å². The Hall–Kier alpha value is -2.18. The Balaban J connectivity index is 2.25. The van der Waals surface area contributed by atoms with E-state index < -0.39 is 10.0 Å². The maximum absolute atomic E-state index is 11.2. The molecule has 0 atom stereocenters. The molecule has 0 amide bonds. The highest BCUT2D eigenvalue weighted by molar-refractivity contribution is 7.88. The highest BCUT2D eigenvalue weighted by Crippen LogP contribution is 2.33. The standard InChI is InChI=1S/C19H23NO4S/c1-13-10-17(24-9-8-20-25(4,22)23)11-14(2)19(13)18-7-5-6-16(12-21)15(18)3/h5-7,10-12,20H,8-9H2,1-4H3. The van der Waals surface area contributed by atoms with Crippen LogP contribution in [-0.2, 0) is 10.0 Å². The van der Waals surface area contributed by atoms with Crippen molar-refractivity contribution in [3.05, 3.63) is 52.6 Å². The molecule has 0 aromatic heterocycles. The second-order valence-electron chi connectivity index (χ2n) is 6.08. The first kappa shape index (κ1) is 19.1. The molecule has 0 unspecified atom stereocenters. The van der Waals surface area contributed by atoms with Crippen molar-refractivity contribution in [1.29, 1.82) is 0 Å². The van der Waals surface area contributed by atoms with Gasteiger partial charge in [-0.15, -0.1) is 0 Å². The average molecular weight is 361 g/mol. The summed E-state index contributed by atoms with van der Waals surface area (Å²) in [5.74, 6) is 0.693. The number of aldehydes is 1. The van der Waals surface area contributed by atoms with Gasteiger partial charge in [-0.1, -0.05) is 18.2 Å².